The molecule has 1 aromatic carbocycles. The third-order valence-corrected chi connectivity index (χ3v) is 5.39. The normalized spacial score (nSPS) is 20.8. The van der Waals surface area contributed by atoms with E-state index in [4.69, 9.17) is 18.0 Å². The van der Waals surface area contributed by atoms with Gasteiger partial charge in [0.25, 0.3) is 0 Å². The van der Waals surface area contributed by atoms with E-state index in [2.05, 4.69) is 0 Å². The number of sulfonamides is 1. The first-order valence-electron chi connectivity index (χ1n) is 6.44. The molecule has 20 heavy (non-hydrogen) atoms. The molecule has 1 unspecified atom stereocenters. The Morgan fingerprint density at radius 3 is 2.80 bits per heavy atom. The van der Waals surface area contributed by atoms with Crippen molar-refractivity contribution in [3.63, 3.8) is 0 Å². The Morgan fingerprint density at radius 2 is 2.15 bits per heavy atom. The fourth-order valence-corrected chi connectivity index (χ4v) is 4.18. The van der Waals surface area contributed by atoms with Crippen molar-refractivity contribution >= 4 is 27.2 Å². The highest BCUT2D eigenvalue weighted by Gasteiger charge is 2.28. The average Bonchev–Trinajstić information content (AvgIpc) is 2.38. The molecule has 1 saturated heterocycles. The summed E-state index contributed by atoms with van der Waals surface area (Å²) >= 11 is 4.94. The summed E-state index contributed by atoms with van der Waals surface area (Å²) in [6.07, 6.45) is 0.747. The number of thiocarbonyl (C=S) groups is 1. The van der Waals surface area contributed by atoms with Crippen molar-refractivity contribution in [2.45, 2.75) is 24.7 Å². The lowest BCUT2D eigenvalue weighted by Crippen LogP contribution is -2.42. The van der Waals surface area contributed by atoms with Crippen LogP contribution in [0.1, 0.15) is 24.0 Å². The van der Waals surface area contributed by atoms with E-state index in [1.165, 1.54) is 4.31 Å². The van der Waals surface area contributed by atoms with Gasteiger partial charge in [0, 0.05) is 18.7 Å². The summed E-state index contributed by atoms with van der Waals surface area (Å²) in [4.78, 5) is 0.189. The maximum atomic E-state index is 12.4. The summed E-state index contributed by atoms with van der Waals surface area (Å²) in [5.41, 5.74) is 6.80. The van der Waals surface area contributed by atoms with Crippen LogP contribution in [0, 0.1) is 0 Å². The molecule has 0 aliphatic carbocycles. The first kappa shape index (κ1) is 15.4. The zero-order valence-electron chi connectivity index (χ0n) is 11.0. The second kappa shape index (κ2) is 6.17. The van der Waals surface area contributed by atoms with Gasteiger partial charge in [-0.05, 0) is 18.4 Å². The molecule has 2 rings (SSSR count). The number of benzene rings is 1. The largest absolute Gasteiger partial charge is 0.392 e. The molecule has 1 aliphatic heterocycles. The molecule has 1 fully saturated rings. The molecule has 3 N–H and O–H groups in total. The average molecular weight is 314 g/mol. The smallest absolute Gasteiger partial charge is 0.218 e. The highest BCUT2D eigenvalue weighted by molar-refractivity contribution is 7.88. The van der Waals surface area contributed by atoms with Gasteiger partial charge in [0.15, 0.2) is 0 Å². The number of rotatable bonds is 4. The predicted molar refractivity (Wildman–Crippen MR) is 81.8 cm³/mol. The van der Waals surface area contributed by atoms with Gasteiger partial charge in [-0.2, -0.15) is 4.31 Å². The topological polar surface area (TPSA) is 83.6 Å². The summed E-state index contributed by atoms with van der Waals surface area (Å²) in [5, 5.41) is 9.60. The molecule has 110 valence electrons. The van der Waals surface area contributed by atoms with Gasteiger partial charge in [-0.25, -0.2) is 8.42 Å². The first-order valence-corrected chi connectivity index (χ1v) is 8.45. The summed E-state index contributed by atoms with van der Waals surface area (Å²) < 4.78 is 26.2. The Hall–Kier alpha value is -1.02. The third-order valence-electron chi connectivity index (χ3n) is 3.37. The van der Waals surface area contributed by atoms with Crippen molar-refractivity contribution < 1.29 is 13.5 Å². The highest BCUT2D eigenvalue weighted by Crippen LogP contribution is 2.19. The van der Waals surface area contributed by atoms with Crippen LogP contribution in [0.4, 0.5) is 0 Å². The minimum absolute atomic E-state index is 0.146. The number of β-amino-alcohol motifs (C(OH)–C–C–N with tert-alkyl or cyclic N) is 1. The van der Waals surface area contributed by atoms with Gasteiger partial charge < -0.3 is 10.8 Å². The van der Waals surface area contributed by atoms with Crippen LogP contribution in [-0.4, -0.2) is 42.0 Å². The van der Waals surface area contributed by atoms with Crippen molar-refractivity contribution in [2.24, 2.45) is 5.73 Å². The second-order valence-corrected chi connectivity index (χ2v) is 7.34. The van der Waals surface area contributed by atoms with Gasteiger partial charge in [-0.3, -0.25) is 0 Å². The molecule has 0 radical (unpaired) electrons. The number of hydrogen-bond acceptors (Lipinski definition) is 4. The summed E-state index contributed by atoms with van der Waals surface area (Å²) in [7, 11) is -3.47. The molecule has 1 atom stereocenters. The van der Waals surface area contributed by atoms with E-state index in [0.29, 0.717) is 30.5 Å². The van der Waals surface area contributed by atoms with E-state index in [1.54, 1.807) is 24.3 Å². The molecule has 1 aliphatic rings. The third kappa shape index (κ3) is 3.54. The molecule has 0 amide bonds. The number of nitrogens with two attached hydrogens (primary N) is 1. The van der Waals surface area contributed by atoms with Crippen LogP contribution in [0.25, 0.3) is 0 Å². The second-order valence-electron chi connectivity index (χ2n) is 4.93. The molecule has 0 saturated carbocycles. The molecule has 7 heteroatoms. The number of nitrogens with zero attached hydrogens (tertiary/aromatic N) is 1. The molecule has 1 heterocycles. The predicted octanol–water partition coefficient (Wildman–Crippen LogP) is 0.607. The van der Waals surface area contributed by atoms with E-state index >= 15 is 0 Å². The highest BCUT2D eigenvalue weighted by atomic mass is 32.2. The van der Waals surface area contributed by atoms with Crippen molar-refractivity contribution in [3.05, 3.63) is 35.4 Å². The lowest BCUT2D eigenvalue weighted by molar-refractivity contribution is 0.108. The van der Waals surface area contributed by atoms with Gasteiger partial charge in [0.05, 0.1) is 11.9 Å². The van der Waals surface area contributed by atoms with Crippen LogP contribution in [-0.2, 0) is 15.8 Å². The zero-order valence-corrected chi connectivity index (χ0v) is 12.7. The van der Waals surface area contributed by atoms with Gasteiger partial charge >= 0.3 is 0 Å². The van der Waals surface area contributed by atoms with Gasteiger partial charge in [0.2, 0.25) is 10.0 Å². The first-order chi connectivity index (χ1) is 9.40. The van der Waals surface area contributed by atoms with Crippen LogP contribution in [0.15, 0.2) is 24.3 Å². The molecular weight excluding hydrogens is 296 g/mol. The van der Waals surface area contributed by atoms with E-state index in [-0.39, 0.29) is 17.3 Å². The maximum Gasteiger partial charge on any atom is 0.218 e. The Labute approximate surface area is 124 Å². The zero-order chi connectivity index (χ0) is 14.8. The Bertz CT molecular complexity index is 601. The summed E-state index contributed by atoms with van der Waals surface area (Å²) in [6.45, 7) is 0.617. The van der Waals surface area contributed by atoms with Crippen molar-refractivity contribution in [1.82, 2.24) is 4.31 Å². The Kier molecular flexibility index (Phi) is 4.74. The molecule has 1 aromatic rings. The van der Waals surface area contributed by atoms with Gasteiger partial charge in [0.1, 0.15) is 4.99 Å². The van der Waals surface area contributed by atoms with Crippen LogP contribution in [0.2, 0.25) is 0 Å². The Morgan fingerprint density at radius 1 is 1.45 bits per heavy atom. The number of piperidine rings is 1. The molecular formula is C13H18N2O3S2. The number of aliphatic hydroxyl groups is 1. The molecule has 0 bridgehead atoms. The van der Waals surface area contributed by atoms with Crippen molar-refractivity contribution in [1.29, 1.82) is 0 Å². The van der Waals surface area contributed by atoms with Gasteiger partial charge in [-0.1, -0.05) is 36.5 Å². The maximum absolute atomic E-state index is 12.4. The molecule has 0 aromatic heterocycles. The SMILES string of the molecule is NC(=S)c1ccccc1CS(=O)(=O)N1CCCC(O)C1. The molecule has 0 spiro atoms. The lowest BCUT2D eigenvalue weighted by atomic mass is 10.1. The summed E-state index contributed by atoms with van der Waals surface area (Å²) in [6, 6.07) is 6.97. The van der Waals surface area contributed by atoms with Crippen LogP contribution in [0.5, 0.6) is 0 Å². The minimum atomic E-state index is -3.47. The Balaban J connectivity index is 2.22. The number of hydrogen-bond donors (Lipinski definition) is 2. The fraction of sp³-hybridized carbons (Fsp3) is 0.462. The van der Waals surface area contributed by atoms with E-state index in [0.717, 1.165) is 0 Å². The number of aliphatic hydroxyl groups excluding tert-OH is 1. The monoisotopic (exact) mass is 314 g/mol. The minimum Gasteiger partial charge on any atom is -0.392 e. The van der Waals surface area contributed by atoms with Crippen LogP contribution >= 0.6 is 12.2 Å². The van der Waals surface area contributed by atoms with Crippen molar-refractivity contribution in [2.75, 3.05) is 13.1 Å². The molecule has 5 nitrogen and oxygen atoms in total. The summed E-state index contributed by atoms with van der Waals surface area (Å²) in [5.74, 6) is -0.146. The van der Waals surface area contributed by atoms with E-state index in [9.17, 15) is 13.5 Å². The quantitative estimate of drug-likeness (QED) is 0.796. The van der Waals surface area contributed by atoms with E-state index in [1.807, 2.05) is 0 Å². The van der Waals surface area contributed by atoms with Crippen LogP contribution < -0.4 is 5.73 Å². The van der Waals surface area contributed by atoms with E-state index < -0.39 is 16.1 Å². The lowest BCUT2D eigenvalue weighted by Gasteiger charge is -2.29. The van der Waals surface area contributed by atoms with Gasteiger partial charge in [-0.15, -0.1) is 0 Å². The van der Waals surface area contributed by atoms with Crippen LogP contribution in [0.3, 0.4) is 0 Å². The van der Waals surface area contributed by atoms with Crippen molar-refractivity contribution in [3.8, 4) is 0 Å². The fourth-order valence-electron chi connectivity index (χ4n) is 2.35. The standard InChI is InChI=1S/C13H18N2O3S2/c14-13(19)12-6-2-1-4-10(12)9-20(17,18)15-7-3-5-11(16)8-15/h1-2,4,6,11,16H,3,5,7-9H2,(H2,14,19).